The molecule has 6 nitrogen and oxygen atoms in total. The van der Waals surface area contributed by atoms with Gasteiger partial charge in [0.15, 0.2) is 0 Å². The molecule has 1 rings (SSSR count). The van der Waals surface area contributed by atoms with Gasteiger partial charge < -0.3 is 10.2 Å². The molecule has 0 heterocycles. The van der Waals surface area contributed by atoms with E-state index in [1.807, 2.05) is 0 Å². The fourth-order valence-electron chi connectivity index (χ4n) is 1.34. The predicted molar refractivity (Wildman–Crippen MR) is 79.3 cm³/mol. The number of anilines is 1. The number of carboxylic acid groups (broad SMARTS) is 2. The van der Waals surface area contributed by atoms with Crippen LogP contribution < -0.4 is 5.43 Å². The number of nitrogens with one attached hydrogen (secondary N) is 1. The van der Waals surface area contributed by atoms with Gasteiger partial charge >= 0.3 is 11.9 Å². The van der Waals surface area contributed by atoms with E-state index in [0.29, 0.717) is 15.2 Å². The van der Waals surface area contributed by atoms with E-state index in [-0.39, 0.29) is 25.0 Å². The second kappa shape index (κ2) is 7.86. The van der Waals surface area contributed by atoms with Crippen molar-refractivity contribution in [2.24, 2.45) is 5.10 Å². The van der Waals surface area contributed by atoms with Gasteiger partial charge in [0.1, 0.15) is 5.71 Å². The van der Waals surface area contributed by atoms with Crippen LogP contribution in [-0.4, -0.2) is 27.9 Å². The summed E-state index contributed by atoms with van der Waals surface area (Å²) >= 11 is 9.14. The van der Waals surface area contributed by atoms with Crippen molar-refractivity contribution in [2.75, 3.05) is 5.43 Å². The summed E-state index contributed by atoms with van der Waals surface area (Å²) in [5.41, 5.74) is 2.98. The topological polar surface area (TPSA) is 99.0 Å². The minimum atomic E-state index is -1.19. The molecule has 0 atom stereocenters. The second-order valence-electron chi connectivity index (χ2n) is 3.82. The normalized spacial score (nSPS) is 11.2. The zero-order chi connectivity index (χ0) is 15.1. The Morgan fingerprint density at radius 1 is 1.30 bits per heavy atom. The highest BCUT2D eigenvalue weighted by molar-refractivity contribution is 9.10. The first-order valence-electron chi connectivity index (χ1n) is 5.63. The lowest BCUT2D eigenvalue weighted by Crippen LogP contribution is -2.15. The molecular formula is C12H12BrClN2O4. The van der Waals surface area contributed by atoms with Crippen LogP contribution in [0.25, 0.3) is 0 Å². The van der Waals surface area contributed by atoms with Crippen molar-refractivity contribution in [2.45, 2.75) is 19.3 Å². The van der Waals surface area contributed by atoms with Gasteiger partial charge in [-0.15, -0.1) is 0 Å². The van der Waals surface area contributed by atoms with E-state index in [1.165, 1.54) is 0 Å². The lowest BCUT2D eigenvalue weighted by atomic mass is 10.2. The summed E-state index contributed by atoms with van der Waals surface area (Å²) < 4.78 is 0.570. The molecule has 1 aromatic carbocycles. The number of halogens is 2. The summed E-state index contributed by atoms with van der Waals surface area (Å²) in [6.45, 7) is 0. The minimum absolute atomic E-state index is 0.0623. The van der Waals surface area contributed by atoms with Crippen LogP contribution in [0.5, 0.6) is 0 Å². The van der Waals surface area contributed by atoms with E-state index in [1.54, 1.807) is 18.2 Å². The maximum Gasteiger partial charge on any atom is 0.352 e. The van der Waals surface area contributed by atoms with Gasteiger partial charge in [-0.25, -0.2) is 4.79 Å². The Labute approximate surface area is 128 Å². The molecule has 0 aliphatic heterocycles. The Kier molecular flexibility index (Phi) is 6.47. The van der Waals surface area contributed by atoms with Crippen LogP contribution in [0.1, 0.15) is 19.3 Å². The smallest absolute Gasteiger partial charge is 0.352 e. The predicted octanol–water partition coefficient (Wildman–Crippen LogP) is 3.21. The fourth-order valence-corrected chi connectivity index (χ4v) is 1.86. The molecule has 0 spiro atoms. The number of nitrogens with zero attached hydrogens (tertiary/aromatic N) is 1. The number of rotatable bonds is 7. The average molecular weight is 364 g/mol. The number of hydrogen-bond donors (Lipinski definition) is 3. The third-order valence-corrected chi connectivity index (χ3v) is 3.71. The summed E-state index contributed by atoms with van der Waals surface area (Å²) in [5, 5.41) is 21.7. The van der Waals surface area contributed by atoms with Crippen molar-refractivity contribution in [1.82, 2.24) is 0 Å². The number of carbonyl (C=O) groups is 2. The molecule has 3 N–H and O–H groups in total. The molecular weight excluding hydrogens is 351 g/mol. The van der Waals surface area contributed by atoms with Gasteiger partial charge in [-0.1, -0.05) is 17.7 Å². The first kappa shape index (κ1) is 16.5. The van der Waals surface area contributed by atoms with E-state index in [2.05, 4.69) is 26.5 Å². The molecule has 0 aliphatic carbocycles. The van der Waals surface area contributed by atoms with E-state index >= 15 is 0 Å². The summed E-state index contributed by atoms with van der Waals surface area (Å²) in [5.74, 6) is -2.17. The highest BCUT2D eigenvalue weighted by Crippen LogP contribution is 2.29. The quantitative estimate of drug-likeness (QED) is 0.510. The van der Waals surface area contributed by atoms with Crippen molar-refractivity contribution in [1.29, 1.82) is 0 Å². The Morgan fingerprint density at radius 3 is 2.60 bits per heavy atom. The molecule has 108 valence electrons. The minimum Gasteiger partial charge on any atom is -0.481 e. The lowest BCUT2D eigenvalue weighted by molar-refractivity contribution is -0.137. The first-order valence-corrected chi connectivity index (χ1v) is 6.80. The highest BCUT2D eigenvalue weighted by Gasteiger charge is 2.11. The Morgan fingerprint density at radius 2 is 2.00 bits per heavy atom. The van der Waals surface area contributed by atoms with Crippen LogP contribution in [0.2, 0.25) is 5.02 Å². The van der Waals surface area contributed by atoms with Crippen molar-refractivity contribution in [3.05, 3.63) is 27.7 Å². The van der Waals surface area contributed by atoms with Crippen molar-refractivity contribution >= 4 is 50.9 Å². The molecule has 0 saturated heterocycles. The van der Waals surface area contributed by atoms with Crippen LogP contribution in [0.3, 0.4) is 0 Å². The van der Waals surface area contributed by atoms with E-state index in [0.717, 1.165) is 0 Å². The van der Waals surface area contributed by atoms with Gasteiger partial charge in [0.25, 0.3) is 0 Å². The third kappa shape index (κ3) is 5.18. The second-order valence-corrected chi connectivity index (χ2v) is 5.02. The van der Waals surface area contributed by atoms with Gasteiger partial charge in [-0.05, 0) is 40.9 Å². The molecule has 0 unspecified atom stereocenters. The van der Waals surface area contributed by atoms with Crippen LogP contribution >= 0.6 is 27.5 Å². The van der Waals surface area contributed by atoms with Crippen molar-refractivity contribution in [3.63, 3.8) is 0 Å². The summed E-state index contributed by atoms with van der Waals surface area (Å²) in [7, 11) is 0. The van der Waals surface area contributed by atoms with Gasteiger partial charge in [-0.3, -0.25) is 10.2 Å². The fraction of sp³-hybridized carbons (Fsp3) is 0.250. The Bertz CT molecular complexity index is 548. The zero-order valence-corrected chi connectivity index (χ0v) is 12.6. The van der Waals surface area contributed by atoms with Gasteiger partial charge in [0.2, 0.25) is 0 Å². The van der Waals surface area contributed by atoms with Gasteiger partial charge in [0.05, 0.1) is 15.2 Å². The number of hydrazone groups is 1. The SMILES string of the molecule is O=C(O)CCC/C(=N/Nc1cccc(Cl)c1Br)C(=O)O. The van der Waals surface area contributed by atoms with Gasteiger partial charge in [0, 0.05) is 6.42 Å². The summed E-state index contributed by atoms with van der Waals surface area (Å²) in [6, 6.07) is 5.04. The average Bonchev–Trinajstić information content (AvgIpc) is 2.37. The number of aliphatic carboxylic acids is 2. The van der Waals surface area contributed by atoms with E-state index in [4.69, 9.17) is 21.8 Å². The summed E-state index contributed by atoms with van der Waals surface area (Å²) in [4.78, 5) is 21.4. The maximum absolute atomic E-state index is 11.0. The number of benzene rings is 1. The molecule has 0 radical (unpaired) electrons. The largest absolute Gasteiger partial charge is 0.481 e. The molecule has 0 amide bonds. The van der Waals surface area contributed by atoms with Crippen molar-refractivity contribution in [3.8, 4) is 0 Å². The van der Waals surface area contributed by atoms with E-state index < -0.39 is 11.9 Å². The van der Waals surface area contributed by atoms with Crippen LogP contribution in [-0.2, 0) is 9.59 Å². The molecule has 0 bridgehead atoms. The number of hydrogen-bond acceptors (Lipinski definition) is 4. The molecule has 0 aliphatic rings. The first-order chi connectivity index (χ1) is 9.41. The molecule has 8 heteroatoms. The molecule has 1 aromatic rings. The molecule has 0 saturated carbocycles. The van der Waals surface area contributed by atoms with Crippen molar-refractivity contribution < 1.29 is 19.8 Å². The van der Waals surface area contributed by atoms with Crippen LogP contribution in [0.15, 0.2) is 27.8 Å². The maximum atomic E-state index is 11.0. The Balaban J connectivity index is 2.74. The molecule has 0 fully saturated rings. The zero-order valence-electron chi connectivity index (χ0n) is 10.3. The van der Waals surface area contributed by atoms with E-state index in [9.17, 15) is 9.59 Å². The van der Waals surface area contributed by atoms with Crippen LogP contribution in [0, 0.1) is 0 Å². The lowest BCUT2D eigenvalue weighted by Gasteiger charge is -2.06. The van der Waals surface area contributed by atoms with Crippen LogP contribution in [0.4, 0.5) is 5.69 Å². The molecule has 20 heavy (non-hydrogen) atoms. The Hall–Kier alpha value is -1.60. The third-order valence-electron chi connectivity index (χ3n) is 2.31. The molecule has 0 aromatic heterocycles. The highest BCUT2D eigenvalue weighted by atomic mass is 79.9. The standard InChI is InChI=1S/C12H12BrClN2O4/c13-11-7(14)3-1-4-8(11)15-16-9(12(19)20)5-2-6-10(17)18/h1,3-4,15H,2,5-6H2,(H,17,18)(H,19,20)/b16-9-. The van der Waals surface area contributed by atoms with Gasteiger partial charge in [-0.2, -0.15) is 5.10 Å². The number of carboxylic acids is 2. The monoisotopic (exact) mass is 362 g/mol. The summed E-state index contributed by atoms with van der Waals surface area (Å²) in [6.07, 6.45) is 0.166.